The van der Waals surface area contributed by atoms with E-state index in [1.54, 1.807) is 0 Å². The molecule has 18 heavy (non-hydrogen) atoms. The van der Waals surface area contributed by atoms with Gasteiger partial charge in [0, 0.05) is 19.0 Å². The van der Waals surface area contributed by atoms with E-state index in [9.17, 15) is 9.59 Å². The number of rotatable bonds is 5. The van der Waals surface area contributed by atoms with Crippen LogP contribution in [0.25, 0.3) is 0 Å². The first-order valence-electron chi connectivity index (χ1n) is 6.93. The fraction of sp³-hybridized carbons (Fsp3) is 0.846. The Morgan fingerprint density at radius 1 is 1.22 bits per heavy atom. The van der Waals surface area contributed by atoms with Crippen LogP contribution in [0.2, 0.25) is 0 Å². The lowest BCUT2D eigenvalue weighted by molar-refractivity contribution is -0.128. The van der Waals surface area contributed by atoms with Crippen molar-refractivity contribution >= 4 is 11.8 Å². The monoisotopic (exact) mass is 253 g/mol. The molecule has 0 aromatic rings. The van der Waals surface area contributed by atoms with Gasteiger partial charge in [0.15, 0.2) is 0 Å². The third kappa shape index (κ3) is 3.45. The van der Waals surface area contributed by atoms with Crippen LogP contribution >= 0.6 is 0 Å². The number of piperidine rings is 1. The summed E-state index contributed by atoms with van der Waals surface area (Å²) in [4.78, 5) is 23.4. The van der Waals surface area contributed by atoms with E-state index in [2.05, 4.69) is 16.0 Å². The molecule has 2 aliphatic rings. The Morgan fingerprint density at radius 3 is 2.56 bits per heavy atom. The molecule has 0 bridgehead atoms. The van der Waals surface area contributed by atoms with Crippen molar-refractivity contribution < 1.29 is 9.59 Å². The molecule has 1 atom stereocenters. The van der Waals surface area contributed by atoms with Crippen LogP contribution in [0.4, 0.5) is 0 Å². The van der Waals surface area contributed by atoms with E-state index in [1.807, 2.05) is 6.92 Å². The van der Waals surface area contributed by atoms with Gasteiger partial charge in [-0.15, -0.1) is 0 Å². The van der Waals surface area contributed by atoms with E-state index in [1.165, 1.54) is 0 Å². The minimum absolute atomic E-state index is 0.0443. The highest BCUT2D eigenvalue weighted by Crippen LogP contribution is 2.28. The van der Waals surface area contributed by atoms with E-state index in [-0.39, 0.29) is 17.7 Å². The molecule has 1 aliphatic heterocycles. The predicted octanol–water partition coefficient (Wildman–Crippen LogP) is 0.161. The fourth-order valence-corrected chi connectivity index (χ4v) is 2.30. The average molecular weight is 253 g/mol. The second-order valence-corrected chi connectivity index (χ2v) is 5.54. The Hall–Kier alpha value is -1.10. The zero-order chi connectivity index (χ0) is 13.0. The molecule has 2 fully saturated rings. The van der Waals surface area contributed by atoms with Gasteiger partial charge in [-0.2, -0.15) is 0 Å². The zero-order valence-corrected chi connectivity index (χ0v) is 11.1. The SMILES string of the molecule is CC1(C(=O)NCCNC(=O)C2CC2)CCCCN1. The van der Waals surface area contributed by atoms with Gasteiger partial charge in [-0.25, -0.2) is 0 Å². The van der Waals surface area contributed by atoms with Gasteiger partial charge in [-0.05, 0) is 45.6 Å². The van der Waals surface area contributed by atoms with Crippen molar-refractivity contribution in [3.63, 3.8) is 0 Å². The van der Waals surface area contributed by atoms with Gasteiger partial charge in [0.05, 0.1) is 5.54 Å². The fourth-order valence-electron chi connectivity index (χ4n) is 2.30. The summed E-state index contributed by atoms with van der Waals surface area (Å²) in [6.07, 6.45) is 5.14. The van der Waals surface area contributed by atoms with Crippen LogP contribution < -0.4 is 16.0 Å². The minimum Gasteiger partial charge on any atom is -0.354 e. The molecule has 1 saturated carbocycles. The molecular formula is C13H23N3O2. The number of amides is 2. The van der Waals surface area contributed by atoms with Crippen LogP contribution in [0, 0.1) is 5.92 Å². The molecule has 0 spiro atoms. The average Bonchev–Trinajstić information content (AvgIpc) is 3.19. The van der Waals surface area contributed by atoms with Crippen molar-refractivity contribution in [3.05, 3.63) is 0 Å². The number of carbonyl (C=O) groups is 2. The van der Waals surface area contributed by atoms with Crippen LogP contribution in [0.5, 0.6) is 0 Å². The molecule has 1 aliphatic carbocycles. The van der Waals surface area contributed by atoms with Crippen LogP contribution in [-0.4, -0.2) is 37.0 Å². The van der Waals surface area contributed by atoms with E-state index in [0.717, 1.165) is 38.6 Å². The first kappa shape index (κ1) is 13.3. The minimum atomic E-state index is -0.432. The second-order valence-electron chi connectivity index (χ2n) is 5.54. The third-order valence-electron chi connectivity index (χ3n) is 3.78. The second kappa shape index (κ2) is 5.69. The summed E-state index contributed by atoms with van der Waals surface area (Å²) in [5.74, 6) is 0.410. The summed E-state index contributed by atoms with van der Waals surface area (Å²) in [5, 5.41) is 9.01. The van der Waals surface area contributed by atoms with Crippen molar-refractivity contribution in [2.24, 2.45) is 5.92 Å². The summed E-state index contributed by atoms with van der Waals surface area (Å²) < 4.78 is 0. The standard InChI is InChI=1S/C13H23N3O2/c1-13(6-2-3-7-16-13)12(18)15-9-8-14-11(17)10-4-5-10/h10,16H,2-9H2,1H3,(H,14,17)(H,15,18). The Kier molecular flexibility index (Phi) is 4.22. The summed E-state index contributed by atoms with van der Waals surface area (Å²) >= 11 is 0. The molecule has 1 unspecified atom stereocenters. The highest BCUT2D eigenvalue weighted by Gasteiger charge is 2.34. The first-order valence-corrected chi connectivity index (χ1v) is 6.93. The molecular weight excluding hydrogens is 230 g/mol. The van der Waals surface area contributed by atoms with E-state index in [0.29, 0.717) is 13.1 Å². The summed E-state index contributed by atoms with van der Waals surface area (Å²) in [5.41, 5.74) is -0.432. The molecule has 2 amide bonds. The molecule has 1 saturated heterocycles. The summed E-state index contributed by atoms with van der Waals surface area (Å²) in [7, 11) is 0. The quantitative estimate of drug-likeness (QED) is 0.611. The molecule has 0 aromatic carbocycles. The Morgan fingerprint density at radius 2 is 1.94 bits per heavy atom. The van der Waals surface area contributed by atoms with Crippen LogP contribution in [-0.2, 0) is 9.59 Å². The molecule has 0 aromatic heterocycles. The maximum absolute atomic E-state index is 12.0. The molecule has 2 rings (SSSR count). The number of hydrogen-bond donors (Lipinski definition) is 3. The van der Waals surface area contributed by atoms with Crippen LogP contribution in [0.1, 0.15) is 39.0 Å². The number of nitrogens with one attached hydrogen (secondary N) is 3. The molecule has 1 heterocycles. The lowest BCUT2D eigenvalue weighted by Crippen LogP contribution is -2.57. The molecule has 5 nitrogen and oxygen atoms in total. The van der Waals surface area contributed by atoms with Crippen molar-refractivity contribution in [3.8, 4) is 0 Å². The predicted molar refractivity (Wildman–Crippen MR) is 69.0 cm³/mol. The van der Waals surface area contributed by atoms with Gasteiger partial charge < -0.3 is 16.0 Å². The van der Waals surface area contributed by atoms with Crippen molar-refractivity contribution in [2.45, 2.75) is 44.6 Å². The van der Waals surface area contributed by atoms with E-state index in [4.69, 9.17) is 0 Å². The largest absolute Gasteiger partial charge is 0.354 e. The lowest BCUT2D eigenvalue weighted by Gasteiger charge is -2.33. The van der Waals surface area contributed by atoms with Gasteiger partial charge in [0.2, 0.25) is 11.8 Å². The molecule has 5 heteroatoms. The molecule has 0 radical (unpaired) electrons. The Labute approximate surface area is 108 Å². The lowest BCUT2D eigenvalue weighted by atomic mass is 9.90. The maximum atomic E-state index is 12.0. The number of carbonyl (C=O) groups excluding carboxylic acids is 2. The third-order valence-corrected chi connectivity index (χ3v) is 3.78. The van der Waals surface area contributed by atoms with E-state index < -0.39 is 5.54 Å². The van der Waals surface area contributed by atoms with Gasteiger partial charge >= 0.3 is 0 Å². The molecule has 3 N–H and O–H groups in total. The highest BCUT2D eigenvalue weighted by molar-refractivity contribution is 5.86. The van der Waals surface area contributed by atoms with Crippen LogP contribution in [0.15, 0.2) is 0 Å². The maximum Gasteiger partial charge on any atom is 0.240 e. The van der Waals surface area contributed by atoms with Gasteiger partial charge in [-0.3, -0.25) is 9.59 Å². The van der Waals surface area contributed by atoms with Gasteiger partial charge in [0.1, 0.15) is 0 Å². The Balaban J connectivity index is 1.63. The van der Waals surface area contributed by atoms with Crippen molar-refractivity contribution in [1.82, 2.24) is 16.0 Å². The van der Waals surface area contributed by atoms with Gasteiger partial charge in [-0.1, -0.05) is 0 Å². The zero-order valence-electron chi connectivity index (χ0n) is 11.1. The van der Waals surface area contributed by atoms with Crippen molar-refractivity contribution in [1.29, 1.82) is 0 Å². The summed E-state index contributed by atoms with van der Waals surface area (Å²) in [6, 6.07) is 0. The topological polar surface area (TPSA) is 70.2 Å². The molecule has 102 valence electrons. The Bertz CT molecular complexity index is 320. The smallest absolute Gasteiger partial charge is 0.240 e. The summed E-state index contributed by atoms with van der Waals surface area (Å²) in [6.45, 7) is 3.89. The van der Waals surface area contributed by atoms with Crippen molar-refractivity contribution in [2.75, 3.05) is 19.6 Å². The van der Waals surface area contributed by atoms with E-state index >= 15 is 0 Å². The first-order chi connectivity index (χ1) is 8.62. The normalized spacial score (nSPS) is 27.6. The highest BCUT2D eigenvalue weighted by atomic mass is 16.2. The van der Waals surface area contributed by atoms with Gasteiger partial charge in [0.25, 0.3) is 0 Å². The number of hydrogen-bond acceptors (Lipinski definition) is 3. The van der Waals surface area contributed by atoms with Crippen LogP contribution in [0.3, 0.4) is 0 Å².